The first-order chi connectivity index (χ1) is 14.6. The van der Waals surface area contributed by atoms with E-state index in [2.05, 4.69) is 0 Å². The maximum absolute atomic E-state index is 14.0. The highest BCUT2D eigenvalue weighted by molar-refractivity contribution is 6.03. The van der Waals surface area contributed by atoms with Crippen molar-refractivity contribution >= 4 is 17.4 Å². The number of nitrogens with zero attached hydrogens (tertiary/aromatic N) is 3. The van der Waals surface area contributed by atoms with Crippen LogP contribution in [0.5, 0.6) is 11.5 Å². The first kappa shape index (κ1) is 23.1. The van der Waals surface area contributed by atoms with E-state index in [1.807, 2.05) is 0 Å². The lowest BCUT2D eigenvalue weighted by Crippen LogP contribution is -2.28. The van der Waals surface area contributed by atoms with E-state index in [1.165, 1.54) is 25.2 Å². The standard InChI is InChI=1S/C20H18FN3O7/c1-23(9-13-5-11(10-25)3-4-15(13)21)20(28)14(8-22)18(26)12-6-16(24(29)30)19(27)17(7-12)31-2/h3-7,25-27H,9-10H2,1-2H3/b18-14-. The number of halogens is 1. The number of aromatic hydroxyl groups is 1. The van der Waals surface area contributed by atoms with Crippen LogP contribution in [0.4, 0.5) is 10.1 Å². The fourth-order valence-electron chi connectivity index (χ4n) is 2.74. The maximum Gasteiger partial charge on any atom is 0.315 e. The Balaban J connectivity index is 2.46. The highest BCUT2D eigenvalue weighted by Gasteiger charge is 2.26. The molecule has 2 aromatic carbocycles. The number of nitro groups is 1. The minimum atomic E-state index is -0.983. The summed E-state index contributed by atoms with van der Waals surface area (Å²) in [7, 11) is 2.39. The summed E-state index contributed by atoms with van der Waals surface area (Å²) in [4.78, 5) is 23.9. The number of hydrogen-bond acceptors (Lipinski definition) is 8. The second kappa shape index (κ2) is 9.55. The normalized spacial score (nSPS) is 11.3. The molecule has 3 N–H and O–H groups in total. The van der Waals surface area contributed by atoms with E-state index in [1.54, 1.807) is 0 Å². The van der Waals surface area contributed by atoms with Gasteiger partial charge in [0.1, 0.15) is 17.6 Å². The van der Waals surface area contributed by atoms with Gasteiger partial charge in [-0.05, 0) is 23.8 Å². The Morgan fingerprint density at radius 1 is 1.35 bits per heavy atom. The molecule has 0 aliphatic heterocycles. The smallest absolute Gasteiger partial charge is 0.315 e. The highest BCUT2D eigenvalue weighted by atomic mass is 19.1. The number of ether oxygens (including phenoxy) is 1. The number of carbonyl (C=O) groups is 1. The van der Waals surface area contributed by atoms with Gasteiger partial charge in [-0.15, -0.1) is 0 Å². The summed E-state index contributed by atoms with van der Waals surface area (Å²) >= 11 is 0. The quantitative estimate of drug-likeness (QED) is 0.198. The van der Waals surface area contributed by atoms with Crippen molar-refractivity contribution in [1.82, 2.24) is 4.90 Å². The van der Waals surface area contributed by atoms with E-state index in [4.69, 9.17) is 4.74 Å². The first-order valence-electron chi connectivity index (χ1n) is 8.67. The molecule has 31 heavy (non-hydrogen) atoms. The molecule has 0 bridgehead atoms. The maximum atomic E-state index is 14.0. The predicted octanol–water partition coefficient (Wildman–Crippen LogP) is 2.39. The van der Waals surface area contributed by atoms with Gasteiger partial charge in [0.2, 0.25) is 5.75 Å². The van der Waals surface area contributed by atoms with Crippen molar-refractivity contribution in [2.75, 3.05) is 14.2 Å². The summed E-state index contributed by atoms with van der Waals surface area (Å²) in [5.41, 5.74) is -1.39. The average Bonchev–Trinajstić information content (AvgIpc) is 2.75. The third kappa shape index (κ3) is 4.88. The van der Waals surface area contributed by atoms with E-state index in [0.29, 0.717) is 5.56 Å². The molecule has 0 spiro atoms. The number of benzene rings is 2. The highest BCUT2D eigenvalue weighted by Crippen LogP contribution is 2.38. The van der Waals surface area contributed by atoms with Crippen LogP contribution in [0.3, 0.4) is 0 Å². The van der Waals surface area contributed by atoms with Gasteiger partial charge in [-0.3, -0.25) is 14.9 Å². The lowest BCUT2D eigenvalue weighted by atomic mass is 10.1. The third-order valence-corrected chi connectivity index (χ3v) is 4.35. The van der Waals surface area contributed by atoms with Gasteiger partial charge < -0.3 is 25.0 Å². The zero-order chi connectivity index (χ0) is 23.3. The number of phenols is 1. The summed E-state index contributed by atoms with van der Waals surface area (Å²) in [6, 6.07) is 7.18. The summed E-state index contributed by atoms with van der Waals surface area (Å²) in [6.45, 7) is -0.618. The minimum Gasteiger partial charge on any atom is -0.506 e. The van der Waals surface area contributed by atoms with Gasteiger partial charge in [-0.1, -0.05) is 6.07 Å². The minimum absolute atomic E-state index is 0.0705. The Kier molecular flexibility index (Phi) is 7.12. The van der Waals surface area contributed by atoms with Gasteiger partial charge in [0.25, 0.3) is 5.91 Å². The van der Waals surface area contributed by atoms with Crippen LogP contribution in [0.25, 0.3) is 5.76 Å². The number of carbonyl (C=O) groups excluding carboxylic acids is 1. The van der Waals surface area contributed by atoms with Crippen LogP contribution in [0, 0.1) is 27.3 Å². The van der Waals surface area contributed by atoms with Crippen LogP contribution in [0.15, 0.2) is 35.9 Å². The van der Waals surface area contributed by atoms with E-state index < -0.39 is 39.4 Å². The molecule has 0 saturated heterocycles. The second-order valence-corrected chi connectivity index (χ2v) is 6.38. The summed E-state index contributed by atoms with van der Waals surface area (Å²) in [6.07, 6.45) is 0. The lowest BCUT2D eigenvalue weighted by Gasteiger charge is -2.18. The second-order valence-electron chi connectivity index (χ2n) is 6.38. The lowest BCUT2D eigenvalue weighted by molar-refractivity contribution is -0.386. The van der Waals surface area contributed by atoms with Crippen LogP contribution < -0.4 is 4.74 Å². The van der Waals surface area contributed by atoms with Crippen LogP contribution in [0.2, 0.25) is 0 Å². The average molecular weight is 431 g/mol. The van der Waals surface area contributed by atoms with E-state index in [-0.39, 0.29) is 30.0 Å². The van der Waals surface area contributed by atoms with E-state index >= 15 is 0 Å². The predicted molar refractivity (Wildman–Crippen MR) is 105 cm³/mol. The van der Waals surface area contributed by atoms with Crippen LogP contribution in [0.1, 0.15) is 16.7 Å². The van der Waals surface area contributed by atoms with Crippen molar-refractivity contribution in [1.29, 1.82) is 5.26 Å². The van der Waals surface area contributed by atoms with Crippen molar-refractivity contribution in [3.8, 4) is 17.6 Å². The fourth-order valence-corrected chi connectivity index (χ4v) is 2.74. The van der Waals surface area contributed by atoms with Crippen LogP contribution in [-0.2, 0) is 17.9 Å². The number of likely N-dealkylation sites (N-methyl/N-ethyl adjacent to an activating group) is 1. The molecule has 0 unspecified atom stereocenters. The Morgan fingerprint density at radius 3 is 2.58 bits per heavy atom. The number of phenolic OH excluding ortho intramolecular Hbond substituents is 1. The molecule has 0 atom stereocenters. The largest absolute Gasteiger partial charge is 0.506 e. The molecule has 0 saturated carbocycles. The number of nitriles is 1. The molecule has 0 fully saturated rings. The molecule has 0 aliphatic rings. The number of aliphatic hydroxyl groups is 2. The number of hydrogen-bond donors (Lipinski definition) is 3. The topological polar surface area (TPSA) is 157 Å². The molecule has 2 rings (SSSR count). The fraction of sp³-hybridized carbons (Fsp3) is 0.200. The van der Waals surface area contributed by atoms with Gasteiger partial charge in [-0.25, -0.2) is 4.39 Å². The summed E-state index contributed by atoms with van der Waals surface area (Å²) in [5, 5.41) is 50.0. The molecule has 0 heterocycles. The van der Waals surface area contributed by atoms with Crippen molar-refractivity contribution < 1.29 is 34.2 Å². The number of aliphatic hydroxyl groups excluding tert-OH is 2. The molecular weight excluding hydrogens is 413 g/mol. The van der Waals surface area contributed by atoms with Crippen molar-refractivity contribution in [3.05, 3.63) is 68.5 Å². The molecule has 10 nitrogen and oxygen atoms in total. The Morgan fingerprint density at radius 2 is 2.03 bits per heavy atom. The van der Waals surface area contributed by atoms with E-state index in [0.717, 1.165) is 30.2 Å². The number of rotatable bonds is 7. The molecule has 1 amide bonds. The van der Waals surface area contributed by atoms with Crippen molar-refractivity contribution in [3.63, 3.8) is 0 Å². The SMILES string of the molecule is COc1cc(/C(O)=C(\C#N)C(=O)N(C)Cc2cc(CO)ccc2F)cc([N+](=O)[O-])c1O. The van der Waals surface area contributed by atoms with E-state index in [9.17, 15) is 39.9 Å². The van der Waals surface area contributed by atoms with Gasteiger partial charge in [0.05, 0.1) is 18.6 Å². The zero-order valence-electron chi connectivity index (χ0n) is 16.5. The molecule has 0 aliphatic carbocycles. The monoisotopic (exact) mass is 431 g/mol. The molecule has 11 heteroatoms. The van der Waals surface area contributed by atoms with Crippen molar-refractivity contribution in [2.24, 2.45) is 0 Å². The van der Waals surface area contributed by atoms with Crippen molar-refractivity contribution in [2.45, 2.75) is 13.2 Å². The molecule has 0 radical (unpaired) electrons. The van der Waals surface area contributed by atoms with Gasteiger partial charge in [0, 0.05) is 30.8 Å². The number of amides is 1. The Bertz CT molecular complexity index is 1110. The third-order valence-electron chi connectivity index (χ3n) is 4.35. The Labute approximate surface area is 175 Å². The Hall–Kier alpha value is -4.17. The number of nitro benzene ring substituents is 1. The van der Waals surface area contributed by atoms with Gasteiger partial charge in [-0.2, -0.15) is 5.26 Å². The van der Waals surface area contributed by atoms with Crippen LogP contribution in [-0.4, -0.2) is 45.2 Å². The molecular formula is C20H18FN3O7. The molecule has 162 valence electrons. The first-order valence-corrected chi connectivity index (χ1v) is 8.67. The number of methoxy groups -OCH3 is 1. The van der Waals surface area contributed by atoms with Gasteiger partial charge in [0.15, 0.2) is 11.3 Å². The molecule has 2 aromatic rings. The van der Waals surface area contributed by atoms with Gasteiger partial charge >= 0.3 is 5.69 Å². The summed E-state index contributed by atoms with van der Waals surface area (Å²) in [5.74, 6) is -3.64. The zero-order valence-corrected chi connectivity index (χ0v) is 16.5. The summed E-state index contributed by atoms with van der Waals surface area (Å²) < 4.78 is 18.9. The molecule has 0 aromatic heterocycles. The van der Waals surface area contributed by atoms with Crippen LogP contribution >= 0.6 is 0 Å².